The number of methoxy groups -OCH3 is 2. The van der Waals surface area contributed by atoms with Crippen molar-refractivity contribution in [2.75, 3.05) is 40.5 Å². The quantitative estimate of drug-likeness (QED) is 0.777. The van der Waals surface area contributed by atoms with Gasteiger partial charge in [0.15, 0.2) is 17.3 Å². The predicted octanol–water partition coefficient (Wildman–Crippen LogP) is 2.00. The molecule has 1 aliphatic rings. The summed E-state index contributed by atoms with van der Waals surface area (Å²) >= 11 is 0. The van der Waals surface area contributed by atoms with Gasteiger partial charge in [0.2, 0.25) is 0 Å². The van der Waals surface area contributed by atoms with Gasteiger partial charge >= 0.3 is 0 Å². The van der Waals surface area contributed by atoms with Crippen molar-refractivity contribution in [3.8, 4) is 11.5 Å². The Morgan fingerprint density at radius 1 is 1.14 bits per heavy atom. The molecule has 1 heterocycles. The molecule has 5 nitrogen and oxygen atoms in total. The standard InChI is InChI=1S/C16H23NO4/c1-16(2,17-7-9-21-10-8-17)15(18)12-5-6-13(19-3)14(11-12)20-4/h5-6,11H,7-10H2,1-4H3. The number of Topliss-reactive ketones (excluding diaryl/α,β-unsaturated/α-hetero) is 1. The molecule has 2 rings (SSSR count). The zero-order chi connectivity index (χ0) is 15.5. The molecule has 1 aromatic carbocycles. The number of carbonyl (C=O) groups is 1. The lowest BCUT2D eigenvalue weighted by atomic mass is 9.90. The first-order valence-corrected chi connectivity index (χ1v) is 7.10. The lowest BCUT2D eigenvalue weighted by molar-refractivity contribution is -0.00430. The van der Waals surface area contributed by atoms with E-state index in [0.29, 0.717) is 30.3 Å². The number of morpholine rings is 1. The SMILES string of the molecule is COc1ccc(C(=O)C(C)(C)N2CCOCC2)cc1OC. The second-order valence-corrected chi connectivity index (χ2v) is 5.56. The van der Waals surface area contributed by atoms with Crippen molar-refractivity contribution >= 4 is 5.78 Å². The van der Waals surface area contributed by atoms with Crippen LogP contribution in [0.3, 0.4) is 0 Å². The molecule has 0 aromatic heterocycles. The number of rotatable bonds is 5. The number of hydrogen-bond acceptors (Lipinski definition) is 5. The van der Waals surface area contributed by atoms with Crippen LogP contribution in [-0.4, -0.2) is 56.7 Å². The van der Waals surface area contributed by atoms with Gasteiger partial charge in [-0.15, -0.1) is 0 Å². The van der Waals surface area contributed by atoms with Gasteiger partial charge < -0.3 is 14.2 Å². The highest BCUT2D eigenvalue weighted by molar-refractivity contribution is 6.03. The minimum absolute atomic E-state index is 0.0744. The highest BCUT2D eigenvalue weighted by Gasteiger charge is 2.36. The van der Waals surface area contributed by atoms with E-state index in [2.05, 4.69) is 4.90 Å². The van der Waals surface area contributed by atoms with Crippen LogP contribution in [0.5, 0.6) is 11.5 Å². The van der Waals surface area contributed by atoms with E-state index in [1.54, 1.807) is 32.4 Å². The molecular weight excluding hydrogens is 270 g/mol. The van der Waals surface area contributed by atoms with Gasteiger partial charge in [-0.2, -0.15) is 0 Å². The molecule has 1 fully saturated rings. The van der Waals surface area contributed by atoms with Crippen LogP contribution in [-0.2, 0) is 4.74 Å². The van der Waals surface area contributed by atoms with Gasteiger partial charge in [-0.1, -0.05) is 0 Å². The molecule has 1 aliphatic heterocycles. The van der Waals surface area contributed by atoms with Crippen molar-refractivity contribution in [2.24, 2.45) is 0 Å². The zero-order valence-corrected chi connectivity index (χ0v) is 13.1. The number of nitrogens with zero attached hydrogens (tertiary/aromatic N) is 1. The molecule has 0 unspecified atom stereocenters. The molecule has 0 saturated carbocycles. The summed E-state index contributed by atoms with van der Waals surface area (Å²) in [7, 11) is 3.15. The lowest BCUT2D eigenvalue weighted by Crippen LogP contribution is -2.54. The maximum absolute atomic E-state index is 12.9. The Bertz CT molecular complexity index is 507. The van der Waals surface area contributed by atoms with Crippen molar-refractivity contribution in [3.05, 3.63) is 23.8 Å². The first kappa shape index (κ1) is 15.8. The van der Waals surface area contributed by atoms with E-state index in [9.17, 15) is 4.79 Å². The Balaban J connectivity index is 2.25. The van der Waals surface area contributed by atoms with E-state index in [0.717, 1.165) is 13.1 Å². The number of ketones is 1. The Hall–Kier alpha value is -1.59. The third-order valence-electron chi connectivity index (χ3n) is 4.00. The second kappa shape index (κ2) is 6.45. The van der Waals surface area contributed by atoms with Crippen LogP contribution in [0.25, 0.3) is 0 Å². The summed E-state index contributed by atoms with van der Waals surface area (Å²) in [5.41, 5.74) is 0.0627. The molecule has 0 amide bonds. The molecule has 0 bridgehead atoms. The van der Waals surface area contributed by atoms with Crippen LogP contribution in [0.15, 0.2) is 18.2 Å². The summed E-state index contributed by atoms with van der Waals surface area (Å²) < 4.78 is 15.8. The van der Waals surface area contributed by atoms with Gasteiger partial charge in [-0.05, 0) is 32.0 Å². The largest absolute Gasteiger partial charge is 0.493 e. The van der Waals surface area contributed by atoms with Gasteiger partial charge in [0, 0.05) is 18.7 Å². The third-order valence-corrected chi connectivity index (χ3v) is 4.00. The summed E-state index contributed by atoms with van der Waals surface area (Å²) in [5, 5.41) is 0. The number of ether oxygens (including phenoxy) is 3. The maximum atomic E-state index is 12.9. The summed E-state index contributed by atoms with van der Waals surface area (Å²) in [6.45, 7) is 6.79. The highest BCUT2D eigenvalue weighted by atomic mass is 16.5. The molecule has 0 aliphatic carbocycles. The lowest BCUT2D eigenvalue weighted by Gasteiger charge is -2.39. The van der Waals surface area contributed by atoms with E-state index in [-0.39, 0.29) is 5.78 Å². The van der Waals surface area contributed by atoms with Gasteiger partial charge in [-0.3, -0.25) is 9.69 Å². The summed E-state index contributed by atoms with van der Waals surface area (Å²) in [6.07, 6.45) is 0. The normalized spacial score (nSPS) is 16.6. The monoisotopic (exact) mass is 293 g/mol. The van der Waals surface area contributed by atoms with E-state index in [4.69, 9.17) is 14.2 Å². The first-order valence-electron chi connectivity index (χ1n) is 7.10. The van der Waals surface area contributed by atoms with Crippen LogP contribution in [0.2, 0.25) is 0 Å². The van der Waals surface area contributed by atoms with Crippen molar-refractivity contribution in [1.29, 1.82) is 0 Å². The fourth-order valence-corrected chi connectivity index (χ4v) is 2.60. The fraction of sp³-hybridized carbons (Fsp3) is 0.562. The van der Waals surface area contributed by atoms with Gasteiger partial charge in [-0.25, -0.2) is 0 Å². The molecule has 1 saturated heterocycles. The van der Waals surface area contributed by atoms with Crippen LogP contribution in [0.1, 0.15) is 24.2 Å². The van der Waals surface area contributed by atoms with Crippen LogP contribution in [0.4, 0.5) is 0 Å². The average molecular weight is 293 g/mol. The molecule has 1 aromatic rings. The first-order chi connectivity index (χ1) is 10.0. The van der Waals surface area contributed by atoms with Crippen molar-refractivity contribution in [3.63, 3.8) is 0 Å². The Morgan fingerprint density at radius 2 is 1.76 bits per heavy atom. The summed E-state index contributed by atoms with van der Waals surface area (Å²) in [4.78, 5) is 15.0. The van der Waals surface area contributed by atoms with Crippen LogP contribution < -0.4 is 9.47 Å². The molecular formula is C16H23NO4. The Labute approximate surface area is 125 Å². The second-order valence-electron chi connectivity index (χ2n) is 5.56. The summed E-state index contributed by atoms with van der Waals surface area (Å²) in [5.74, 6) is 1.27. The molecule has 0 radical (unpaired) electrons. The number of benzene rings is 1. The van der Waals surface area contributed by atoms with Gasteiger partial charge in [0.05, 0.1) is 33.0 Å². The van der Waals surface area contributed by atoms with Gasteiger partial charge in [0.25, 0.3) is 0 Å². The van der Waals surface area contributed by atoms with E-state index in [1.165, 1.54) is 0 Å². The maximum Gasteiger partial charge on any atom is 0.182 e. The molecule has 116 valence electrons. The smallest absolute Gasteiger partial charge is 0.182 e. The van der Waals surface area contributed by atoms with E-state index >= 15 is 0 Å². The van der Waals surface area contributed by atoms with Gasteiger partial charge in [0.1, 0.15) is 0 Å². The fourth-order valence-electron chi connectivity index (χ4n) is 2.60. The Morgan fingerprint density at radius 3 is 2.33 bits per heavy atom. The molecule has 5 heteroatoms. The minimum Gasteiger partial charge on any atom is -0.493 e. The third kappa shape index (κ3) is 3.19. The number of hydrogen-bond donors (Lipinski definition) is 0. The van der Waals surface area contributed by atoms with Crippen LogP contribution in [0, 0.1) is 0 Å². The van der Waals surface area contributed by atoms with Crippen LogP contribution >= 0.6 is 0 Å². The summed E-state index contributed by atoms with van der Waals surface area (Å²) in [6, 6.07) is 5.29. The highest BCUT2D eigenvalue weighted by Crippen LogP contribution is 2.30. The Kier molecular flexibility index (Phi) is 4.85. The number of carbonyl (C=O) groups excluding carboxylic acids is 1. The van der Waals surface area contributed by atoms with Crippen molar-refractivity contribution in [1.82, 2.24) is 4.90 Å². The topological polar surface area (TPSA) is 48.0 Å². The van der Waals surface area contributed by atoms with E-state index in [1.807, 2.05) is 13.8 Å². The average Bonchev–Trinajstić information content (AvgIpc) is 2.54. The van der Waals surface area contributed by atoms with Crippen molar-refractivity contribution in [2.45, 2.75) is 19.4 Å². The molecule has 21 heavy (non-hydrogen) atoms. The van der Waals surface area contributed by atoms with Crippen molar-refractivity contribution < 1.29 is 19.0 Å². The minimum atomic E-state index is -0.566. The molecule has 0 N–H and O–H groups in total. The molecule has 0 atom stereocenters. The predicted molar refractivity (Wildman–Crippen MR) is 80.3 cm³/mol. The van der Waals surface area contributed by atoms with E-state index < -0.39 is 5.54 Å². The molecule has 0 spiro atoms. The zero-order valence-electron chi connectivity index (χ0n) is 13.1.